The number of rotatable bonds is 5. The number of piperidine rings is 1. The first-order chi connectivity index (χ1) is 9.19. The lowest BCUT2D eigenvalue weighted by atomic mass is 10.1. The number of anilines is 2. The fraction of sp³-hybridized carbons (Fsp3) is 0.500. The second-order valence-electron chi connectivity index (χ2n) is 4.34. The van der Waals surface area contributed by atoms with E-state index in [0.29, 0.717) is 24.6 Å². The average molecular weight is 263 g/mol. The van der Waals surface area contributed by atoms with Gasteiger partial charge in [-0.3, -0.25) is 14.9 Å². The number of hydrogen-bond donors (Lipinski definition) is 3. The van der Waals surface area contributed by atoms with E-state index >= 15 is 0 Å². The quantitative estimate of drug-likeness (QED) is 0.670. The molecule has 0 bridgehead atoms. The van der Waals surface area contributed by atoms with Gasteiger partial charge in [-0.15, -0.1) is 0 Å². The van der Waals surface area contributed by atoms with Crippen LogP contribution in [0.15, 0.2) is 12.3 Å². The van der Waals surface area contributed by atoms with E-state index in [2.05, 4.69) is 32.8 Å². The Morgan fingerprint density at radius 3 is 3.05 bits per heavy atom. The zero-order valence-electron chi connectivity index (χ0n) is 10.8. The highest BCUT2D eigenvalue weighted by molar-refractivity contribution is 6.01. The number of imide groups is 1. The van der Waals surface area contributed by atoms with Crippen LogP contribution in [-0.2, 0) is 9.59 Å². The maximum absolute atomic E-state index is 11.6. The minimum atomic E-state index is -0.424. The molecule has 19 heavy (non-hydrogen) atoms. The summed E-state index contributed by atoms with van der Waals surface area (Å²) in [5.74, 6) is 0.566. The van der Waals surface area contributed by atoms with Gasteiger partial charge in [-0.1, -0.05) is 6.92 Å². The van der Waals surface area contributed by atoms with Gasteiger partial charge in [0.2, 0.25) is 17.8 Å². The van der Waals surface area contributed by atoms with Crippen molar-refractivity contribution < 1.29 is 9.59 Å². The molecule has 0 aliphatic carbocycles. The third kappa shape index (κ3) is 3.64. The van der Waals surface area contributed by atoms with Gasteiger partial charge in [0, 0.05) is 19.2 Å². The molecule has 7 heteroatoms. The predicted molar refractivity (Wildman–Crippen MR) is 70.6 cm³/mol. The number of hydrogen-bond acceptors (Lipinski definition) is 6. The van der Waals surface area contributed by atoms with Gasteiger partial charge in [-0.05, 0) is 18.9 Å². The Balaban J connectivity index is 1.98. The first-order valence-electron chi connectivity index (χ1n) is 6.36. The highest BCUT2D eigenvalue weighted by atomic mass is 16.2. The summed E-state index contributed by atoms with van der Waals surface area (Å²) in [5.41, 5.74) is 0. The molecule has 2 heterocycles. The van der Waals surface area contributed by atoms with E-state index in [0.717, 1.165) is 13.0 Å². The van der Waals surface area contributed by atoms with Crippen LogP contribution in [-0.4, -0.2) is 34.4 Å². The molecule has 0 radical (unpaired) electrons. The summed E-state index contributed by atoms with van der Waals surface area (Å²) in [6.07, 6.45) is 3.43. The van der Waals surface area contributed by atoms with E-state index in [9.17, 15) is 9.59 Å². The molecule has 1 aromatic heterocycles. The van der Waals surface area contributed by atoms with E-state index in [4.69, 9.17) is 0 Å². The fourth-order valence-corrected chi connectivity index (χ4v) is 1.77. The molecule has 2 amide bonds. The molecule has 3 N–H and O–H groups in total. The van der Waals surface area contributed by atoms with Crippen LogP contribution in [0.4, 0.5) is 11.8 Å². The first kappa shape index (κ1) is 13.3. The summed E-state index contributed by atoms with van der Waals surface area (Å²) in [7, 11) is 0. The smallest absolute Gasteiger partial charge is 0.249 e. The number of carbonyl (C=O) groups is 2. The van der Waals surface area contributed by atoms with Crippen molar-refractivity contribution in [3.63, 3.8) is 0 Å². The highest BCUT2D eigenvalue weighted by Gasteiger charge is 2.26. The Bertz CT molecular complexity index is 477. The standard InChI is InChI=1S/C12H17N5O2/c1-2-6-13-12-14-7-5-9(16-12)15-8-3-4-10(18)17-11(8)19/h5,7-8H,2-4,6H2,1H3,(H,17,18,19)(H2,13,14,15,16). The molecule has 7 nitrogen and oxygen atoms in total. The van der Waals surface area contributed by atoms with E-state index in [1.807, 2.05) is 0 Å². The van der Waals surface area contributed by atoms with E-state index in [-0.39, 0.29) is 11.8 Å². The lowest BCUT2D eigenvalue weighted by Gasteiger charge is -2.22. The molecule has 1 aromatic rings. The largest absolute Gasteiger partial charge is 0.358 e. The van der Waals surface area contributed by atoms with Crippen LogP contribution in [0.1, 0.15) is 26.2 Å². The minimum absolute atomic E-state index is 0.226. The van der Waals surface area contributed by atoms with Gasteiger partial charge in [0.15, 0.2) is 0 Å². The summed E-state index contributed by atoms with van der Waals surface area (Å²) in [4.78, 5) is 31.0. The average Bonchev–Trinajstić information content (AvgIpc) is 2.40. The summed E-state index contributed by atoms with van der Waals surface area (Å²) < 4.78 is 0. The van der Waals surface area contributed by atoms with Crippen molar-refractivity contribution in [2.24, 2.45) is 0 Å². The minimum Gasteiger partial charge on any atom is -0.358 e. The zero-order chi connectivity index (χ0) is 13.7. The summed E-state index contributed by atoms with van der Waals surface area (Å²) in [6, 6.07) is 1.27. The zero-order valence-corrected chi connectivity index (χ0v) is 10.8. The van der Waals surface area contributed by atoms with Gasteiger partial charge < -0.3 is 10.6 Å². The van der Waals surface area contributed by atoms with Gasteiger partial charge >= 0.3 is 0 Å². The first-order valence-corrected chi connectivity index (χ1v) is 6.36. The lowest BCUT2D eigenvalue weighted by molar-refractivity contribution is -0.133. The van der Waals surface area contributed by atoms with E-state index in [1.165, 1.54) is 0 Å². The maximum Gasteiger partial charge on any atom is 0.249 e. The molecule has 1 aliphatic heterocycles. The molecule has 2 rings (SSSR count). The van der Waals surface area contributed by atoms with Gasteiger partial charge in [0.05, 0.1) is 0 Å². The van der Waals surface area contributed by atoms with E-state index < -0.39 is 6.04 Å². The number of nitrogens with zero attached hydrogens (tertiary/aromatic N) is 2. The Labute approximate surface area is 111 Å². The summed E-state index contributed by atoms with van der Waals surface area (Å²) >= 11 is 0. The van der Waals surface area contributed by atoms with Crippen molar-refractivity contribution >= 4 is 23.6 Å². The Hall–Kier alpha value is -2.18. The Morgan fingerprint density at radius 2 is 2.32 bits per heavy atom. The van der Waals surface area contributed by atoms with Crippen LogP contribution < -0.4 is 16.0 Å². The highest BCUT2D eigenvalue weighted by Crippen LogP contribution is 2.12. The summed E-state index contributed by atoms with van der Waals surface area (Å²) in [5, 5.41) is 8.39. The van der Waals surface area contributed by atoms with Crippen molar-refractivity contribution in [3.8, 4) is 0 Å². The predicted octanol–water partition coefficient (Wildman–Crippen LogP) is 0.516. The van der Waals surface area contributed by atoms with Gasteiger partial charge in [-0.2, -0.15) is 4.98 Å². The third-order valence-electron chi connectivity index (χ3n) is 2.75. The normalized spacial score (nSPS) is 18.9. The maximum atomic E-state index is 11.6. The van der Waals surface area contributed by atoms with Crippen LogP contribution in [0.3, 0.4) is 0 Å². The SMILES string of the molecule is CCCNc1nccc(NC2CCC(=O)NC2=O)n1. The monoisotopic (exact) mass is 263 g/mol. The number of carbonyl (C=O) groups excluding carboxylic acids is 2. The molecule has 0 saturated carbocycles. The fourth-order valence-electron chi connectivity index (χ4n) is 1.77. The van der Waals surface area contributed by atoms with Crippen molar-refractivity contribution in [3.05, 3.63) is 12.3 Å². The second-order valence-corrected chi connectivity index (χ2v) is 4.34. The third-order valence-corrected chi connectivity index (χ3v) is 2.75. The number of aromatic nitrogens is 2. The van der Waals surface area contributed by atoms with Crippen LogP contribution in [0.2, 0.25) is 0 Å². The van der Waals surface area contributed by atoms with Crippen LogP contribution in [0, 0.1) is 0 Å². The topological polar surface area (TPSA) is 96.0 Å². The summed E-state index contributed by atoms with van der Waals surface area (Å²) in [6.45, 7) is 2.85. The molecular formula is C12H17N5O2. The van der Waals surface area contributed by atoms with Crippen LogP contribution >= 0.6 is 0 Å². The molecule has 1 saturated heterocycles. The Kier molecular flexibility index (Phi) is 4.27. The molecule has 1 atom stereocenters. The molecular weight excluding hydrogens is 246 g/mol. The van der Waals surface area contributed by atoms with Crippen LogP contribution in [0.5, 0.6) is 0 Å². The van der Waals surface area contributed by atoms with Crippen molar-refractivity contribution in [2.75, 3.05) is 17.2 Å². The van der Waals surface area contributed by atoms with Crippen molar-refractivity contribution in [1.82, 2.24) is 15.3 Å². The molecule has 0 spiro atoms. The van der Waals surface area contributed by atoms with Gasteiger partial charge in [0.1, 0.15) is 11.9 Å². The molecule has 1 fully saturated rings. The Morgan fingerprint density at radius 1 is 1.47 bits per heavy atom. The second kappa shape index (κ2) is 6.12. The molecule has 0 aromatic carbocycles. The molecule has 1 unspecified atom stereocenters. The van der Waals surface area contributed by atoms with Crippen molar-refractivity contribution in [2.45, 2.75) is 32.2 Å². The molecule has 102 valence electrons. The van der Waals surface area contributed by atoms with E-state index in [1.54, 1.807) is 12.3 Å². The number of nitrogens with one attached hydrogen (secondary N) is 3. The van der Waals surface area contributed by atoms with Gasteiger partial charge in [-0.25, -0.2) is 4.98 Å². The van der Waals surface area contributed by atoms with Gasteiger partial charge in [0.25, 0.3) is 0 Å². The molecule has 1 aliphatic rings. The number of amides is 2. The lowest BCUT2D eigenvalue weighted by Crippen LogP contribution is -2.47. The van der Waals surface area contributed by atoms with Crippen LogP contribution in [0.25, 0.3) is 0 Å². The van der Waals surface area contributed by atoms with Crippen molar-refractivity contribution in [1.29, 1.82) is 0 Å².